The van der Waals surface area contributed by atoms with Crippen molar-refractivity contribution in [3.63, 3.8) is 0 Å². The molecule has 0 aliphatic heterocycles. The Hall–Kier alpha value is -2.21. The van der Waals surface area contributed by atoms with Gasteiger partial charge in [0.2, 0.25) is 0 Å². The van der Waals surface area contributed by atoms with Crippen molar-refractivity contribution in [3.8, 4) is 17.3 Å². The zero-order chi connectivity index (χ0) is 14.0. The second-order valence-electron chi connectivity index (χ2n) is 4.83. The van der Waals surface area contributed by atoms with Crippen LogP contribution in [0, 0.1) is 39.0 Å². The van der Waals surface area contributed by atoms with Crippen LogP contribution in [0.25, 0.3) is 11.3 Å². The zero-order valence-corrected chi connectivity index (χ0v) is 11.8. The van der Waals surface area contributed by atoms with Gasteiger partial charge in [-0.15, -0.1) is 0 Å². The fraction of sp³-hybridized carbons (Fsp3) is 0.312. The molecule has 3 nitrogen and oxygen atoms in total. The molecule has 0 aliphatic rings. The van der Waals surface area contributed by atoms with E-state index in [1.165, 1.54) is 27.8 Å². The van der Waals surface area contributed by atoms with Gasteiger partial charge in [-0.1, -0.05) is 6.07 Å². The predicted molar refractivity (Wildman–Crippen MR) is 75.7 cm³/mol. The topological polar surface area (TPSA) is 49.6 Å². The summed E-state index contributed by atoms with van der Waals surface area (Å²) in [4.78, 5) is 8.63. The molecule has 19 heavy (non-hydrogen) atoms. The highest BCUT2D eigenvalue weighted by molar-refractivity contribution is 5.70. The molecule has 3 heteroatoms. The van der Waals surface area contributed by atoms with Crippen LogP contribution in [0.4, 0.5) is 0 Å². The van der Waals surface area contributed by atoms with Crippen molar-refractivity contribution in [3.05, 3.63) is 46.4 Å². The van der Waals surface area contributed by atoms with E-state index in [1.54, 1.807) is 6.20 Å². The smallest absolute Gasteiger partial charge is 0.142 e. The Labute approximate surface area is 114 Å². The van der Waals surface area contributed by atoms with E-state index >= 15 is 0 Å². The average molecular weight is 251 g/mol. The number of nitrogens with zero attached hydrogens (tertiary/aromatic N) is 3. The molecule has 0 radical (unpaired) electrons. The van der Waals surface area contributed by atoms with Crippen LogP contribution in [0.3, 0.4) is 0 Å². The van der Waals surface area contributed by atoms with Crippen molar-refractivity contribution in [1.29, 1.82) is 5.26 Å². The van der Waals surface area contributed by atoms with Crippen LogP contribution in [-0.2, 0) is 6.42 Å². The van der Waals surface area contributed by atoms with Crippen molar-refractivity contribution < 1.29 is 0 Å². The SMILES string of the molecule is Cc1cc(C)c(C)c(-c2ccnc(CC#N)n2)c1C. The highest BCUT2D eigenvalue weighted by Gasteiger charge is 2.12. The lowest BCUT2D eigenvalue weighted by Gasteiger charge is -2.15. The molecule has 0 unspecified atom stereocenters. The van der Waals surface area contributed by atoms with E-state index in [0.29, 0.717) is 5.82 Å². The van der Waals surface area contributed by atoms with E-state index in [9.17, 15) is 0 Å². The van der Waals surface area contributed by atoms with Crippen LogP contribution >= 0.6 is 0 Å². The summed E-state index contributed by atoms with van der Waals surface area (Å²) in [7, 11) is 0. The largest absolute Gasteiger partial charge is 0.240 e. The molecule has 0 atom stereocenters. The molecule has 1 heterocycles. The van der Waals surface area contributed by atoms with Crippen LogP contribution in [0.15, 0.2) is 18.3 Å². The maximum absolute atomic E-state index is 8.75. The van der Waals surface area contributed by atoms with Gasteiger partial charge in [0, 0.05) is 11.8 Å². The summed E-state index contributed by atoms with van der Waals surface area (Å²) in [5.74, 6) is 0.581. The van der Waals surface area contributed by atoms with Crippen LogP contribution in [0.5, 0.6) is 0 Å². The van der Waals surface area contributed by atoms with E-state index in [4.69, 9.17) is 5.26 Å². The van der Waals surface area contributed by atoms with Gasteiger partial charge in [-0.25, -0.2) is 9.97 Å². The van der Waals surface area contributed by atoms with Crippen LogP contribution in [-0.4, -0.2) is 9.97 Å². The summed E-state index contributed by atoms with van der Waals surface area (Å²) in [6.45, 7) is 8.46. The first-order chi connectivity index (χ1) is 9.04. The molecule has 0 bridgehead atoms. The third kappa shape index (κ3) is 2.48. The molecule has 0 fully saturated rings. The molecule has 2 rings (SSSR count). The molecule has 0 amide bonds. The molecule has 0 spiro atoms. The van der Waals surface area contributed by atoms with Gasteiger partial charge >= 0.3 is 0 Å². The van der Waals surface area contributed by atoms with Gasteiger partial charge in [0.25, 0.3) is 0 Å². The highest BCUT2D eigenvalue weighted by Crippen LogP contribution is 2.30. The number of aromatic nitrogens is 2. The van der Waals surface area contributed by atoms with Crippen LogP contribution in [0.1, 0.15) is 28.1 Å². The lowest BCUT2D eigenvalue weighted by atomic mass is 9.92. The molecule has 1 aromatic carbocycles. The Balaban J connectivity index is 2.65. The summed E-state index contributed by atoms with van der Waals surface area (Å²) < 4.78 is 0. The zero-order valence-electron chi connectivity index (χ0n) is 11.8. The first kappa shape index (κ1) is 13.2. The third-order valence-corrected chi connectivity index (χ3v) is 3.56. The van der Waals surface area contributed by atoms with E-state index in [0.717, 1.165) is 5.69 Å². The Morgan fingerprint density at radius 3 is 2.32 bits per heavy atom. The summed E-state index contributed by atoms with van der Waals surface area (Å²) in [6, 6.07) is 6.20. The Morgan fingerprint density at radius 1 is 1.11 bits per heavy atom. The predicted octanol–water partition coefficient (Wildman–Crippen LogP) is 3.44. The van der Waals surface area contributed by atoms with Crippen molar-refractivity contribution >= 4 is 0 Å². The lowest BCUT2D eigenvalue weighted by molar-refractivity contribution is 0.996. The molecule has 1 aromatic heterocycles. The minimum atomic E-state index is 0.247. The monoisotopic (exact) mass is 251 g/mol. The fourth-order valence-electron chi connectivity index (χ4n) is 2.30. The van der Waals surface area contributed by atoms with Crippen molar-refractivity contribution in [2.24, 2.45) is 0 Å². The molecule has 0 saturated carbocycles. The van der Waals surface area contributed by atoms with Gasteiger partial charge in [-0.2, -0.15) is 5.26 Å². The number of nitriles is 1. The normalized spacial score (nSPS) is 10.3. The summed E-state index contributed by atoms with van der Waals surface area (Å²) in [5, 5.41) is 8.75. The molecular weight excluding hydrogens is 234 g/mol. The Morgan fingerprint density at radius 2 is 1.74 bits per heavy atom. The third-order valence-electron chi connectivity index (χ3n) is 3.56. The van der Waals surface area contributed by atoms with E-state index in [1.807, 2.05) is 6.07 Å². The summed E-state index contributed by atoms with van der Waals surface area (Å²) in [5.41, 5.74) is 7.08. The number of benzene rings is 1. The second kappa shape index (κ2) is 5.19. The first-order valence-electron chi connectivity index (χ1n) is 6.31. The second-order valence-corrected chi connectivity index (χ2v) is 4.83. The Kier molecular flexibility index (Phi) is 3.62. The molecule has 0 N–H and O–H groups in total. The molecule has 96 valence electrons. The standard InChI is InChI=1S/C16H17N3/c1-10-9-11(2)13(4)16(12(10)3)14-6-8-18-15(19-14)5-7-17/h6,8-9H,5H2,1-4H3. The maximum Gasteiger partial charge on any atom is 0.142 e. The van der Waals surface area contributed by atoms with E-state index in [-0.39, 0.29) is 6.42 Å². The fourth-order valence-corrected chi connectivity index (χ4v) is 2.30. The minimum absolute atomic E-state index is 0.247. The quantitative estimate of drug-likeness (QED) is 0.821. The number of hydrogen-bond acceptors (Lipinski definition) is 3. The highest BCUT2D eigenvalue weighted by atomic mass is 14.9. The lowest BCUT2D eigenvalue weighted by Crippen LogP contribution is -2.00. The van der Waals surface area contributed by atoms with Gasteiger partial charge in [-0.3, -0.25) is 0 Å². The molecule has 0 aliphatic carbocycles. The molecular formula is C16H17N3. The van der Waals surface area contributed by atoms with Gasteiger partial charge < -0.3 is 0 Å². The van der Waals surface area contributed by atoms with Crippen molar-refractivity contribution in [2.75, 3.05) is 0 Å². The number of aryl methyl sites for hydroxylation is 2. The number of hydrogen-bond donors (Lipinski definition) is 0. The first-order valence-corrected chi connectivity index (χ1v) is 6.31. The van der Waals surface area contributed by atoms with E-state index in [2.05, 4.69) is 49.8 Å². The summed E-state index contributed by atoms with van der Waals surface area (Å²) in [6.07, 6.45) is 1.97. The van der Waals surface area contributed by atoms with E-state index < -0.39 is 0 Å². The summed E-state index contributed by atoms with van der Waals surface area (Å²) >= 11 is 0. The van der Waals surface area contributed by atoms with Crippen LogP contribution < -0.4 is 0 Å². The molecule has 0 saturated heterocycles. The van der Waals surface area contributed by atoms with Crippen molar-refractivity contribution in [2.45, 2.75) is 34.1 Å². The Bertz CT molecular complexity index is 640. The molecule has 2 aromatic rings. The van der Waals surface area contributed by atoms with Gasteiger partial charge in [-0.05, 0) is 56.0 Å². The maximum atomic E-state index is 8.75. The minimum Gasteiger partial charge on any atom is -0.240 e. The van der Waals surface area contributed by atoms with Crippen molar-refractivity contribution in [1.82, 2.24) is 9.97 Å². The van der Waals surface area contributed by atoms with Crippen LogP contribution in [0.2, 0.25) is 0 Å². The van der Waals surface area contributed by atoms with Gasteiger partial charge in [0.1, 0.15) is 5.82 Å². The average Bonchev–Trinajstić information content (AvgIpc) is 2.38. The van der Waals surface area contributed by atoms with Gasteiger partial charge in [0.15, 0.2) is 0 Å². The number of rotatable bonds is 2. The van der Waals surface area contributed by atoms with Gasteiger partial charge in [0.05, 0.1) is 18.2 Å².